The maximum atomic E-state index is 13.0. The molecule has 2 amide bonds. The molecule has 3 aromatic carbocycles. The molecule has 182 valence electrons. The zero-order chi connectivity index (χ0) is 25.0. The van der Waals surface area contributed by atoms with Crippen LogP contribution in [0.15, 0.2) is 77.7 Å². The number of piperidine rings is 1. The van der Waals surface area contributed by atoms with Gasteiger partial charge >= 0.3 is 0 Å². The van der Waals surface area contributed by atoms with Gasteiger partial charge in [0.15, 0.2) is 0 Å². The molecule has 35 heavy (non-hydrogen) atoms. The Morgan fingerprint density at radius 2 is 1.49 bits per heavy atom. The summed E-state index contributed by atoms with van der Waals surface area (Å²) in [7, 11) is -2.25. The van der Waals surface area contributed by atoms with Crippen LogP contribution in [0, 0.1) is 6.92 Å². The average molecular weight is 492 g/mol. The summed E-state index contributed by atoms with van der Waals surface area (Å²) in [6.07, 6.45) is 3.10. The normalized spacial score (nSPS) is 13.8. The van der Waals surface area contributed by atoms with Crippen molar-refractivity contribution in [1.29, 1.82) is 0 Å². The molecule has 4 rings (SSSR count). The fraction of sp³-hybridized carbons (Fsp3) is 0.259. The van der Waals surface area contributed by atoms with Crippen molar-refractivity contribution in [3.8, 4) is 0 Å². The molecule has 1 saturated heterocycles. The Hall–Kier alpha value is -3.65. The van der Waals surface area contributed by atoms with Crippen molar-refractivity contribution in [2.24, 2.45) is 0 Å². The topological polar surface area (TPSA) is 86.8 Å². The fourth-order valence-corrected chi connectivity index (χ4v) is 5.27. The maximum absolute atomic E-state index is 13.0. The minimum atomic E-state index is -3.73. The summed E-state index contributed by atoms with van der Waals surface area (Å²) < 4.78 is 27.1. The number of para-hydroxylation sites is 1. The third-order valence-electron chi connectivity index (χ3n) is 6.22. The van der Waals surface area contributed by atoms with E-state index in [1.165, 1.54) is 11.4 Å². The van der Waals surface area contributed by atoms with Crippen molar-refractivity contribution in [1.82, 2.24) is 4.90 Å². The lowest BCUT2D eigenvalue weighted by molar-refractivity contribution is 0.0725. The van der Waals surface area contributed by atoms with Gasteiger partial charge in [0, 0.05) is 25.7 Å². The van der Waals surface area contributed by atoms with E-state index in [0.717, 1.165) is 37.9 Å². The van der Waals surface area contributed by atoms with Crippen molar-refractivity contribution < 1.29 is 18.0 Å². The number of carbonyl (C=O) groups is 2. The van der Waals surface area contributed by atoms with E-state index in [4.69, 9.17) is 0 Å². The predicted molar refractivity (Wildman–Crippen MR) is 137 cm³/mol. The first-order chi connectivity index (χ1) is 16.8. The van der Waals surface area contributed by atoms with E-state index in [1.54, 1.807) is 72.8 Å². The Bertz CT molecular complexity index is 1310. The number of sulfonamides is 1. The minimum Gasteiger partial charge on any atom is -0.339 e. The largest absolute Gasteiger partial charge is 0.339 e. The maximum Gasteiger partial charge on any atom is 0.264 e. The second-order valence-corrected chi connectivity index (χ2v) is 10.7. The highest BCUT2D eigenvalue weighted by molar-refractivity contribution is 7.92. The Morgan fingerprint density at radius 3 is 2.14 bits per heavy atom. The Kier molecular flexibility index (Phi) is 7.21. The third-order valence-corrected chi connectivity index (χ3v) is 8.02. The van der Waals surface area contributed by atoms with E-state index in [0.29, 0.717) is 22.5 Å². The molecule has 7 nitrogen and oxygen atoms in total. The minimum absolute atomic E-state index is 0.0844. The number of likely N-dealkylation sites (tertiary alicyclic amines) is 1. The molecular formula is C27H29N3O4S. The van der Waals surface area contributed by atoms with E-state index < -0.39 is 10.0 Å². The number of rotatable bonds is 6. The van der Waals surface area contributed by atoms with Gasteiger partial charge in [-0.3, -0.25) is 13.9 Å². The van der Waals surface area contributed by atoms with E-state index >= 15 is 0 Å². The van der Waals surface area contributed by atoms with Gasteiger partial charge in [-0.2, -0.15) is 0 Å². The standard InChI is InChI=1S/C27H29N3O4S/c1-20-10-16-23(17-11-20)35(33,34)29(2)22-14-12-21(13-15-22)26(31)28-25-9-5-4-8-24(25)27(32)30-18-6-3-7-19-30/h4-5,8-17H,3,6-7,18-19H2,1-2H3,(H,28,31). The lowest BCUT2D eigenvalue weighted by Gasteiger charge is -2.27. The zero-order valence-electron chi connectivity index (χ0n) is 19.9. The van der Waals surface area contributed by atoms with E-state index in [1.807, 2.05) is 11.8 Å². The highest BCUT2D eigenvalue weighted by Gasteiger charge is 2.23. The number of hydrogen-bond donors (Lipinski definition) is 1. The smallest absolute Gasteiger partial charge is 0.264 e. The van der Waals surface area contributed by atoms with Crippen molar-refractivity contribution >= 4 is 33.2 Å². The van der Waals surface area contributed by atoms with Gasteiger partial charge in [0.25, 0.3) is 21.8 Å². The summed E-state index contributed by atoms with van der Waals surface area (Å²) >= 11 is 0. The first kappa shape index (κ1) is 24.5. The van der Waals surface area contributed by atoms with Gasteiger partial charge in [0.05, 0.1) is 21.8 Å². The summed E-state index contributed by atoms with van der Waals surface area (Å²) in [6.45, 7) is 3.34. The number of amides is 2. The summed E-state index contributed by atoms with van der Waals surface area (Å²) in [5, 5.41) is 2.84. The van der Waals surface area contributed by atoms with E-state index in [2.05, 4.69) is 5.32 Å². The van der Waals surface area contributed by atoms with Crippen LogP contribution in [0.5, 0.6) is 0 Å². The summed E-state index contributed by atoms with van der Waals surface area (Å²) in [4.78, 5) is 28.0. The molecule has 1 N–H and O–H groups in total. The molecule has 1 fully saturated rings. The number of aryl methyl sites for hydroxylation is 1. The van der Waals surface area contributed by atoms with Gasteiger partial charge in [0.2, 0.25) is 0 Å². The van der Waals surface area contributed by atoms with Crippen LogP contribution in [-0.4, -0.2) is 45.3 Å². The molecule has 1 aliphatic rings. The quantitative estimate of drug-likeness (QED) is 0.542. The van der Waals surface area contributed by atoms with Crippen molar-refractivity contribution in [2.75, 3.05) is 29.8 Å². The molecule has 8 heteroatoms. The summed E-state index contributed by atoms with van der Waals surface area (Å²) in [6, 6.07) is 20.0. The lowest BCUT2D eigenvalue weighted by atomic mass is 10.1. The molecule has 1 aliphatic heterocycles. The van der Waals surface area contributed by atoms with Crippen molar-refractivity contribution in [3.05, 3.63) is 89.5 Å². The number of carbonyl (C=O) groups excluding carboxylic acids is 2. The Balaban J connectivity index is 1.49. The number of nitrogens with zero attached hydrogens (tertiary/aromatic N) is 2. The SMILES string of the molecule is Cc1ccc(S(=O)(=O)N(C)c2ccc(C(=O)Nc3ccccc3C(=O)N3CCCCC3)cc2)cc1. The van der Waals surface area contributed by atoms with Crippen LogP contribution in [-0.2, 0) is 10.0 Å². The van der Waals surface area contributed by atoms with Crippen LogP contribution >= 0.6 is 0 Å². The van der Waals surface area contributed by atoms with Gasteiger partial charge in [-0.05, 0) is 74.7 Å². The molecule has 0 saturated carbocycles. The highest BCUT2D eigenvalue weighted by atomic mass is 32.2. The van der Waals surface area contributed by atoms with Crippen LogP contribution in [0.3, 0.4) is 0 Å². The number of nitrogens with one attached hydrogen (secondary N) is 1. The van der Waals surface area contributed by atoms with Gasteiger partial charge in [-0.15, -0.1) is 0 Å². The fourth-order valence-electron chi connectivity index (χ4n) is 4.07. The van der Waals surface area contributed by atoms with Crippen LogP contribution in [0.25, 0.3) is 0 Å². The molecule has 3 aromatic rings. The molecule has 0 radical (unpaired) electrons. The molecule has 0 aromatic heterocycles. The van der Waals surface area contributed by atoms with Crippen LogP contribution in [0.1, 0.15) is 45.5 Å². The molecule has 0 aliphatic carbocycles. The number of benzene rings is 3. The number of hydrogen-bond acceptors (Lipinski definition) is 4. The second-order valence-electron chi connectivity index (χ2n) is 8.69. The van der Waals surface area contributed by atoms with Crippen LogP contribution in [0.2, 0.25) is 0 Å². The van der Waals surface area contributed by atoms with E-state index in [-0.39, 0.29) is 16.7 Å². The average Bonchev–Trinajstić information content (AvgIpc) is 2.89. The molecule has 1 heterocycles. The Morgan fingerprint density at radius 1 is 0.857 bits per heavy atom. The van der Waals surface area contributed by atoms with Crippen LogP contribution in [0.4, 0.5) is 11.4 Å². The molecule has 0 bridgehead atoms. The summed E-state index contributed by atoms with van der Waals surface area (Å²) in [5.74, 6) is -0.460. The first-order valence-electron chi connectivity index (χ1n) is 11.6. The third kappa shape index (κ3) is 5.38. The van der Waals surface area contributed by atoms with Gasteiger partial charge in [-0.1, -0.05) is 29.8 Å². The zero-order valence-corrected chi connectivity index (χ0v) is 20.7. The van der Waals surface area contributed by atoms with Crippen molar-refractivity contribution in [3.63, 3.8) is 0 Å². The highest BCUT2D eigenvalue weighted by Crippen LogP contribution is 2.24. The number of anilines is 2. The lowest BCUT2D eigenvalue weighted by Crippen LogP contribution is -2.36. The van der Waals surface area contributed by atoms with Gasteiger partial charge < -0.3 is 10.2 Å². The van der Waals surface area contributed by atoms with Gasteiger partial charge in [-0.25, -0.2) is 8.42 Å². The summed E-state index contributed by atoms with van der Waals surface area (Å²) in [5.41, 5.74) is 2.68. The molecule has 0 atom stereocenters. The van der Waals surface area contributed by atoms with Gasteiger partial charge in [0.1, 0.15) is 0 Å². The molecule has 0 spiro atoms. The van der Waals surface area contributed by atoms with Crippen LogP contribution < -0.4 is 9.62 Å². The Labute approximate surface area is 206 Å². The first-order valence-corrected chi connectivity index (χ1v) is 13.1. The molecular weight excluding hydrogens is 462 g/mol. The second kappa shape index (κ2) is 10.3. The monoisotopic (exact) mass is 491 g/mol. The van der Waals surface area contributed by atoms with Crippen molar-refractivity contribution in [2.45, 2.75) is 31.1 Å². The molecule has 0 unspecified atom stereocenters. The van der Waals surface area contributed by atoms with E-state index in [9.17, 15) is 18.0 Å². The predicted octanol–water partition coefficient (Wildman–Crippen LogP) is 4.70.